The van der Waals surface area contributed by atoms with Gasteiger partial charge in [-0.2, -0.15) is 0 Å². The second-order valence-corrected chi connectivity index (χ2v) is 5.80. The van der Waals surface area contributed by atoms with Crippen LogP contribution in [-0.4, -0.2) is 43.1 Å². The van der Waals surface area contributed by atoms with E-state index >= 15 is 0 Å². The maximum atomic E-state index is 11.6. The van der Waals surface area contributed by atoms with Crippen molar-refractivity contribution in [3.63, 3.8) is 0 Å². The number of benzene rings is 1. The summed E-state index contributed by atoms with van der Waals surface area (Å²) in [5, 5.41) is 2.67. The first-order valence-electron chi connectivity index (χ1n) is 7.23. The molecule has 7 heteroatoms. The molecular formula is C15H20ClN3O3. The molecule has 6 nitrogen and oxygen atoms in total. The topological polar surface area (TPSA) is 84.7 Å². The highest BCUT2D eigenvalue weighted by Gasteiger charge is 2.22. The molecule has 0 unspecified atom stereocenters. The number of carbonyl (C=O) groups excluding carboxylic acids is 2. The first-order valence-corrected chi connectivity index (χ1v) is 7.61. The fourth-order valence-electron chi connectivity index (χ4n) is 2.58. The van der Waals surface area contributed by atoms with E-state index in [1.165, 1.54) is 0 Å². The van der Waals surface area contributed by atoms with Crippen molar-refractivity contribution in [2.75, 3.05) is 26.2 Å². The first-order chi connectivity index (χ1) is 10.5. The summed E-state index contributed by atoms with van der Waals surface area (Å²) in [6, 6.07) is 6.54. The number of nitrogens with zero attached hydrogens (tertiary/aromatic N) is 1. The molecule has 1 aliphatic rings. The van der Waals surface area contributed by atoms with Crippen molar-refractivity contribution in [3.8, 4) is 5.75 Å². The van der Waals surface area contributed by atoms with Gasteiger partial charge in [0.05, 0.1) is 18.2 Å². The molecule has 0 aliphatic carbocycles. The van der Waals surface area contributed by atoms with Gasteiger partial charge in [-0.3, -0.25) is 15.0 Å². The Morgan fingerprint density at radius 2 is 2.18 bits per heavy atom. The minimum Gasteiger partial charge on any atom is -0.492 e. The van der Waals surface area contributed by atoms with E-state index in [9.17, 15) is 9.59 Å². The molecule has 2 rings (SSSR count). The smallest absolute Gasteiger partial charge is 0.318 e. The van der Waals surface area contributed by atoms with Crippen LogP contribution in [0.3, 0.4) is 0 Å². The summed E-state index contributed by atoms with van der Waals surface area (Å²) in [5.74, 6) is 0.624. The van der Waals surface area contributed by atoms with Crippen molar-refractivity contribution >= 4 is 23.5 Å². The number of likely N-dealkylation sites (tertiary alicyclic amines) is 1. The molecule has 120 valence electrons. The van der Waals surface area contributed by atoms with E-state index in [1.807, 2.05) is 23.1 Å². The van der Waals surface area contributed by atoms with Crippen LogP contribution < -0.4 is 15.8 Å². The van der Waals surface area contributed by atoms with Gasteiger partial charge in [0.1, 0.15) is 5.75 Å². The predicted molar refractivity (Wildman–Crippen MR) is 83.8 cm³/mol. The number of nitrogens with two attached hydrogens (primary N) is 1. The Kier molecular flexibility index (Phi) is 6.03. The molecule has 0 saturated carbocycles. The van der Waals surface area contributed by atoms with E-state index in [1.54, 1.807) is 6.07 Å². The van der Waals surface area contributed by atoms with E-state index in [4.69, 9.17) is 22.1 Å². The third-order valence-electron chi connectivity index (χ3n) is 3.54. The van der Waals surface area contributed by atoms with Crippen LogP contribution in [0, 0.1) is 5.92 Å². The summed E-state index contributed by atoms with van der Waals surface area (Å²) >= 11 is 6.06. The Bertz CT molecular complexity index is 539. The van der Waals surface area contributed by atoms with Gasteiger partial charge in [-0.05, 0) is 31.5 Å². The molecule has 1 aromatic carbocycles. The number of halogens is 1. The van der Waals surface area contributed by atoms with Crippen molar-refractivity contribution in [1.82, 2.24) is 10.2 Å². The standard InChI is InChI=1S/C15H20ClN3O3/c16-12-5-1-2-6-13(12)22-10-11-4-3-7-19(8-11)9-14(20)18-15(17)21/h1-2,5-6,11H,3-4,7-10H2,(H3,17,18,20,21)/t11-/m0/s1. The van der Waals surface area contributed by atoms with E-state index in [2.05, 4.69) is 5.32 Å². The van der Waals surface area contributed by atoms with Crippen molar-refractivity contribution in [1.29, 1.82) is 0 Å². The first kappa shape index (κ1) is 16.6. The molecule has 3 amide bonds. The maximum Gasteiger partial charge on any atom is 0.318 e. The van der Waals surface area contributed by atoms with Crippen LogP contribution in [0.25, 0.3) is 0 Å². The number of urea groups is 1. The number of para-hydroxylation sites is 1. The van der Waals surface area contributed by atoms with Crippen molar-refractivity contribution < 1.29 is 14.3 Å². The van der Waals surface area contributed by atoms with E-state index in [0.717, 1.165) is 25.9 Å². The van der Waals surface area contributed by atoms with Gasteiger partial charge in [0.2, 0.25) is 5.91 Å². The summed E-state index contributed by atoms with van der Waals surface area (Å²) in [6.07, 6.45) is 2.03. The highest BCUT2D eigenvalue weighted by atomic mass is 35.5. The Balaban J connectivity index is 1.79. The highest BCUT2D eigenvalue weighted by molar-refractivity contribution is 6.32. The van der Waals surface area contributed by atoms with Gasteiger partial charge in [0, 0.05) is 12.5 Å². The third-order valence-corrected chi connectivity index (χ3v) is 3.86. The largest absolute Gasteiger partial charge is 0.492 e. The van der Waals surface area contributed by atoms with Crippen LogP contribution in [0.15, 0.2) is 24.3 Å². The van der Waals surface area contributed by atoms with Crippen LogP contribution in [0.5, 0.6) is 5.75 Å². The number of rotatable bonds is 5. The molecule has 0 spiro atoms. The predicted octanol–water partition coefficient (Wildman–Crippen LogP) is 1.63. The number of amides is 3. The Morgan fingerprint density at radius 3 is 2.91 bits per heavy atom. The molecule has 1 heterocycles. The van der Waals surface area contributed by atoms with Crippen molar-refractivity contribution in [2.24, 2.45) is 11.7 Å². The molecule has 1 saturated heterocycles. The number of ether oxygens (including phenoxy) is 1. The highest BCUT2D eigenvalue weighted by Crippen LogP contribution is 2.25. The van der Waals surface area contributed by atoms with E-state index < -0.39 is 6.03 Å². The number of imide groups is 1. The van der Waals surface area contributed by atoms with Gasteiger partial charge in [0.25, 0.3) is 0 Å². The average molecular weight is 326 g/mol. The SMILES string of the molecule is NC(=O)NC(=O)CN1CCC[C@H](COc2ccccc2Cl)C1. The molecule has 0 aromatic heterocycles. The Labute approximate surface area is 134 Å². The number of carbonyl (C=O) groups is 2. The number of primary amides is 1. The zero-order valence-electron chi connectivity index (χ0n) is 12.3. The van der Waals surface area contributed by atoms with Gasteiger partial charge in [0.15, 0.2) is 0 Å². The molecule has 1 aliphatic heterocycles. The lowest BCUT2D eigenvalue weighted by molar-refractivity contribution is -0.121. The van der Waals surface area contributed by atoms with Crippen LogP contribution in [0.2, 0.25) is 5.02 Å². The van der Waals surface area contributed by atoms with Gasteiger partial charge in [-0.25, -0.2) is 4.79 Å². The number of nitrogens with one attached hydrogen (secondary N) is 1. The van der Waals surface area contributed by atoms with Gasteiger partial charge in [-0.15, -0.1) is 0 Å². The Morgan fingerprint density at radius 1 is 1.41 bits per heavy atom. The Hall–Kier alpha value is -1.79. The monoisotopic (exact) mass is 325 g/mol. The summed E-state index contributed by atoms with van der Waals surface area (Å²) in [5.41, 5.74) is 4.93. The normalized spacial score (nSPS) is 18.7. The van der Waals surface area contributed by atoms with Crippen LogP contribution >= 0.6 is 11.6 Å². The fourth-order valence-corrected chi connectivity index (χ4v) is 2.77. The third kappa shape index (κ3) is 5.20. The summed E-state index contributed by atoms with van der Waals surface area (Å²) in [4.78, 5) is 24.2. The van der Waals surface area contributed by atoms with Crippen molar-refractivity contribution in [3.05, 3.63) is 29.3 Å². The zero-order chi connectivity index (χ0) is 15.9. The number of hydrogen-bond acceptors (Lipinski definition) is 4. The molecule has 1 fully saturated rings. The molecule has 0 bridgehead atoms. The summed E-state index contributed by atoms with van der Waals surface area (Å²) in [7, 11) is 0. The zero-order valence-corrected chi connectivity index (χ0v) is 13.0. The fraction of sp³-hybridized carbons (Fsp3) is 0.467. The molecule has 1 aromatic rings. The van der Waals surface area contributed by atoms with Gasteiger partial charge in [-0.1, -0.05) is 23.7 Å². The lowest BCUT2D eigenvalue weighted by atomic mass is 9.99. The molecule has 3 N–H and O–H groups in total. The van der Waals surface area contributed by atoms with E-state index in [0.29, 0.717) is 23.3 Å². The number of piperidine rings is 1. The second kappa shape index (κ2) is 8.00. The molecule has 0 radical (unpaired) electrons. The average Bonchev–Trinajstić information content (AvgIpc) is 2.46. The van der Waals surface area contributed by atoms with Gasteiger partial charge < -0.3 is 10.5 Å². The summed E-state index contributed by atoms with van der Waals surface area (Å²) in [6.45, 7) is 2.30. The lowest BCUT2D eigenvalue weighted by Crippen LogP contribution is -2.46. The van der Waals surface area contributed by atoms with Crippen LogP contribution in [0.4, 0.5) is 4.79 Å². The van der Waals surface area contributed by atoms with Crippen LogP contribution in [0.1, 0.15) is 12.8 Å². The quantitative estimate of drug-likeness (QED) is 0.861. The lowest BCUT2D eigenvalue weighted by Gasteiger charge is -2.32. The summed E-state index contributed by atoms with van der Waals surface area (Å²) < 4.78 is 5.76. The van der Waals surface area contributed by atoms with Gasteiger partial charge >= 0.3 is 6.03 Å². The minimum absolute atomic E-state index is 0.172. The second-order valence-electron chi connectivity index (χ2n) is 5.40. The maximum absolute atomic E-state index is 11.6. The number of hydrogen-bond donors (Lipinski definition) is 2. The van der Waals surface area contributed by atoms with E-state index in [-0.39, 0.29) is 12.5 Å². The molecular weight excluding hydrogens is 306 g/mol. The van der Waals surface area contributed by atoms with Crippen LogP contribution in [-0.2, 0) is 4.79 Å². The minimum atomic E-state index is -0.819. The molecule has 1 atom stereocenters. The molecule has 22 heavy (non-hydrogen) atoms. The van der Waals surface area contributed by atoms with Crippen molar-refractivity contribution in [2.45, 2.75) is 12.8 Å².